The van der Waals surface area contributed by atoms with Gasteiger partial charge in [-0.1, -0.05) is 42.3 Å². The van der Waals surface area contributed by atoms with E-state index in [9.17, 15) is 21.6 Å². The Kier molecular flexibility index (Phi) is 8.85. The first-order valence-electron chi connectivity index (χ1n) is 12.4. The molecule has 1 N–H and O–H groups in total. The van der Waals surface area contributed by atoms with Crippen molar-refractivity contribution in [2.45, 2.75) is 36.0 Å². The maximum Gasteiger partial charge on any atom is 0.264 e. The van der Waals surface area contributed by atoms with E-state index in [2.05, 4.69) is 5.32 Å². The molecule has 1 fully saturated rings. The molecule has 1 saturated heterocycles. The summed E-state index contributed by atoms with van der Waals surface area (Å²) in [6, 6.07) is 16.9. The van der Waals surface area contributed by atoms with Crippen LogP contribution in [-0.2, 0) is 24.8 Å². The summed E-state index contributed by atoms with van der Waals surface area (Å²) in [5, 5.41) is 3.00. The van der Waals surface area contributed by atoms with Gasteiger partial charge in [-0.3, -0.25) is 9.10 Å². The molecule has 9 nitrogen and oxygen atoms in total. The maximum atomic E-state index is 13.6. The highest BCUT2D eigenvalue weighted by Gasteiger charge is 2.31. The molecular weight excluding hydrogens is 562 g/mol. The van der Waals surface area contributed by atoms with Crippen molar-refractivity contribution >= 4 is 48.9 Å². The van der Waals surface area contributed by atoms with Crippen molar-refractivity contribution in [3.8, 4) is 5.75 Å². The van der Waals surface area contributed by atoms with Crippen LogP contribution in [0.2, 0.25) is 5.02 Å². The van der Waals surface area contributed by atoms with Crippen LogP contribution in [0, 0.1) is 6.92 Å². The number of piperidine rings is 1. The number of carbonyl (C=O) groups is 1. The van der Waals surface area contributed by atoms with Gasteiger partial charge in [0.2, 0.25) is 15.9 Å². The van der Waals surface area contributed by atoms with Gasteiger partial charge in [0.05, 0.1) is 17.7 Å². The first-order chi connectivity index (χ1) is 18.6. The average molecular weight is 592 g/mol. The molecule has 0 saturated carbocycles. The zero-order valence-electron chi connectivity index (χ0n) is 21.6. The van der Waals surface area contributed by atoms with Gasteiger partial charge in [-0.15, -0.1) is 0 Å². The van der Waals surface area contributed by atoms with Crippen molar-refractivity contribution in [1.82, 2.24) is 4.31 Å². The molecule has 1 aliphatic rings. The van der Waals surface area contributed by atoms with Crippen LogP contribution in [0.1, 0.15) is 24.8 Å². The molecule has 12 heteroatoms. The Bertz CT molecular complexity index is 1560. The number of rotatable bonds is 9. The predicted molar refractivity (Wildman–Crippen MR) is 151 cm³/mol. The topological polar surface area (TPSA) is 113 Å². The highest BCUT2D eigenvalue weighted by molar-refractivity contribution is 7.92. The van der Waals surface area contributed by atoms with Crippen molar-refractivity contribution in [1.29, 1.82) is 0 Å². The van der Waals surface area contributed by atoms with Crippen molar-refractivity contribution in [2.75, 3.05) is 36.4 Å². The molecule has 1 aliphatic heterocycles. The van der Waals surface area contributed by atoms with Gasteiger partial charge in [0.25, 0.3) is 10.0 Å². The van der Waals surface area contributed by atoms with Crippen LogP contribution >= 0.6 is 11.6 Å². The van der Waals surface area contributed by atoms with Gasteiger partial charge in [0.1, 0.15) is 17.2 Å². The third-order valence-corrected chi connectivity index (χ3v) is 10.6. The molecule has 208 valence electrons. The van der Waals surface area contributed by atoms with Crippen molar-refractivity contribution in [3.63, 3.8) is 0 Å². The minimum Gasteiger partial charge on any atom is -0.495 e. The fraction of sp³-hybridized carbons (Fsp3) is 0.296. The largest absolute Gasteiger partial charge is 0.495 e. The van der Waals surface area contributed by atoms with E-state index >= 15 is 0 Å². The number of ether oxygens (including phenoxy) is 1. The van der Waals surface area contributed by atoms with Crippen LogP contribution in [0.4, 0.5) is 11.4 Å². The molecule has 3 aromatic rings. The summed E-state index contributed by atoms with van der Waals surface area (Å²) in [6.45, 7) is 1.92. The number of nitrogens with one attached hydrogen (secondary N) is 1. The summed E-state index contributed by atoms with van der Waals surface area (Å²) < 4.78 is 61.7. The second-order valence-corrected chi connectivity index (χ2v) is 13.3. The van der Waals surface area contributed by atoms with Crippen LogP contribution in [0.25, 0.3) is 0 Å². The van der Waals surface area contributed by atoms with Crippen LogP contribution in [0.5, 0.6) is 5.75 Å². The fourth-order valence-corrected chi connectivity index (χ4v) is 7.78. The van der Waals surface area contributed by atoms with Crippen LogP contribution in [0.15, 0.2) is 76.5 Å². The second kappa shape index (κ2) is 12.0. The maximum absolute atomic E-state index is 13.6. The van der Waals surface area contributed by atoms with Crippen LogP contribution in [-0.4, -0.2) is 53.8 Å². The SMILES string of the molecule is COc1ccc(NC(=O)CN(c2cccc(Cl)c2C)S(=O)(=O)c2ccccc2)cc1S(=O)(=O)N1CCCCC1. The Balaban J connectivity index is 1.66. The van der Waals surface area contributed by atoms with E-state index in [0.29, 0.717) is 23.7 Å². The minimum atomic E-state index is -4.15. The highest BCUT2D eigenvalue weighted by atomic mass is 35.5. The molecule has 4 rings (SSSR count). The van der Waals surface area contributed by atoms with Crippen molar-refractivity contribution < 1.29 is 26.4 Å². The Morgan fingerprint density at radius 3 is 2.33 bits per heavy atom. The third-order valence-electron chi connectivity index (χ3n) is 6.51. The average Bonchev–Trinajstić information content (AvgIpc) is 2.94. The molecule has 3 aromatic carbocycles. The van der Waals surface area contributed by atoms with E-state index in [4.69, 9.17) is 16.3 Å². The number of nitrogens with zero attached hydrogens (tertiary/aromatic N) is 2. The monoisotopic (exact) mass is 591 g/mol. The third kappa shape index (κ3) is 6.22. The predicted octanol–water partition coefficient (Wildman–Crippen LogP) is 4.67. The zero-order chi connectivity index (χ0) is 28.2. The molecular formula is C27H30ClN3O6S2. The minimum absolute atomic E-state index is 0.0107. The zero-order valence-corrected chi connectivity index (χ0v) is 24.0. The molecule has 1 heterocycles. The highest BCUT2D eigenvalue weighted by Crippen LogP contribution is 2.33. The van der Waals surface area contributed by atoms with Crippen LogP contribution < -0.4 is 14.4 Å². The number of hydrogen-bond donors (Lipinski definition) is 1. The number of methoxy groups -OCH3 is 1. The molecule has 0 atom stereocenters. The van der Waals surface area contributed by atoms with Gasteiger partial charge in [0, 0.05) is 23.8 Å². The molecule has 0 aromatic heterocycles. The number of sulfonamides is 2. The summed E-state index contributed by atoms with van der Waals surface area (Å²) >= 11 is 6.28. The van der Waals surface area contributed by atoms with E-state index in [1.165, 1.54) is 41.7 Å². The number of anilines is 2. The van der Waals surface area contributed by atoms with E-state index < -0.39 is 32.5 Å². The smallest absolute Gasteiger partial charge is 0.264 e. The Hall–Kier alpha value is -3.12. The number of carbonyl (C=O) groups excluding carboxylic acids is 1. The van der Waals surface area contributed by atoms with Gasteiger partial charge >= 0.3 is 0 Å². The van der Waals surface area contributed by atoms with E-state index in [1.807, 2.05) is 0 Å². The normalized spacial score (nSPS) is 14.5. The molecule has 0 unspecified atom stereocenters. The molecule has 39 heavy (non-hydrogen) atoms. The van der Waals surface area contributed by atoms with E-state index in [0.717, 1.165) is 23.6 Å². The van der Waals surface area contributed by atoms with E-state index in [-0.39, 0.29) is 26.9 Å². The lowest BCUT2D eigenvalue weighted by Gasteiger charge is -2.27. The molecule has 0 aliphatic carbocycles. The van der Waals surface area contributed by atoms with Crippen molar-refractivity contribution in [2.24, 2.45) is 0 Å². The fourth-order valence-electron chi connectivity index (χ4n) is 4.42. The van der Waals surface area contributed by atoms with Gasteiger partial charge in [0.15, 0.2) is 0 Å². The first kappa shape index (κ1) is 28.9. The molecule has 0 radical (unpaired) electrons. The number of hydrogen-bond acceptors (Lipinski definition) is 6. The van der Waals surface area contributed by atoms with Crippen LogP contribution in [0.3, 0.4) is 0 Å². The molecule has 1 amide bonds. The number of amides is 1. The standard InChI is InChI=1S/C27H30ClN3O6S2/c1-20-23(28)12-9-13-24(20)31(38(33,34)22-10-5-3-6-11-22)19-27(32)29-21-14-15-25(37-2)26(18-21)39(35,36)30-16-7-4-8-17-30/h3,5-6,9-15,18H,4,7-8,16-17,19H2,1-2H3,(H,29,32). The summed E-state index contributed by atoms with van der Waals surface area (Å²) in [5.41, 5.74) is 0.937. The Labute approximate surface area is 234 Å². The summed E-state index contributed by atoms with van der Waals surface area (Å²) in [4.78, 5) is 13.2. The van der Waals surface area contributed by atoms with Crippen molar-refractivity contribution in [3.05, 3.63) is 77.3 Å². The summed E-state index contributed by atoms with van der Waals surface area (Å²) in [5.74, 6) is -0.512. The number of halogens is 1. The lowest BCUT2D eigenvalue weighted by Crippen LogP contribution is -2.38. The quantitative estimate of drug-likeness (QED) is 0.387. The number of benzene rings is 3. The Morgan fingerprint density at radius 2 is 1.67 bits per heavy atom. The Morgan fingerprint density at radius 1 is 0.974 bits per heavy atom. The van der Waals surface area contributed by atoms with E-state index in [1.54, 1.807) is 43.3 Å². The first-order valence-corrected chi connectivity index (χ1v) is 15.6. The van der Waals surface area contributed by atoms with Gasteiger partial charge in [-0.25, -0.2) is 16.8 Å². The molecule has 0 bridgehead atoms. The van der Waals surface area contributed by atoms with Gasteiger partial charge < -0.3 is 10.1 Å². The van der Waals surface area contributed by atoms with Gasteiger partial charge in [-0.05, 0) is 67.8 Å². The lowest BCUT2D eigenvalue weighted by molar-refractivity contribution is -0.114. The van der Waals surface area contributed by atoms with Gasteiger partial charge in [-0.2, -0.15) is 4.31 Å². The second-order valence-electron chi connectivity index (χ2n) is 9.09. The summed E-state index contributed by atoms with van der Waals surface area (Å²) in [6.07, 6.45) is 2.51. The molecule has 0 spiro atoms. The summed E-state index contributed by atoms with van der Waals surface area (Å²) in [7, 11) is -6.63. The lowest BCUT2D eigenvalue weighted by atomic mass is 10.2.